The Labute approximate surface area is 141 Å². The monoisotopic (exact) mass is 375 g/mol. The van der Waals surface area contributed by atoms with Crippen molar-refractivity contribution < 1.29 is 14.3 Å². The molecule has 0 radical (unpaired) electrons. The number of imide groups is 1. The molecule has 22 heavy (non-hydrogen) atoms. The van der Waals surface area contributed by atoms with Gasteiger partial charge in [-0.05, 0) is 51.5 Å². The number of rotatable bonds is 4. The molecule has 0 aromatic heterocycles. The molecule has 110 valence electrons. The Morgan fingerprint density at radius 2 is 2.09 bits per heavy atom. The maximum Gasteiger partial charge on any atom is 0.294 e. The Morgan fingerprint density at radius 1 is 1.32 bits per heavy atom. The maximum atomic E-state index is 12.1. The van der Waals surface area contributed by atoms with E-state index in [1.165, 1.54) is 0 Å². The van der Waals surface area contributed by atoms with Crippen LogP contribution in [-0.4, -0.2) is 29.2 Å². The van der Waals surface area contributed by atoms with Gasteiger partial charge in [0.05, 0.1) is 15.9 Å². The topological polar surface area (TPSA) is 46.6 Å². The standard InChI is InChI=1S/C16H10BrNO3S/c1-3-7-18-15(19)14(22-16(18)20)10-11-5-6-13(12(17)9-11)21-8-4-2/h1-2,5-6,9-10H,7-8H2/b14-10+. The van der Waals surface area contributed by atoms with Gasteiger partial charge in [0.2, 0.25) is 0 Å². The van der Waals surface area contributed by atoms with E-state index in [-0.39, 0.29) is 24.3 Å². The SMILES string of the molecule is C#CCOc1ccc(/C=C2/SC(=O)N(CC#C)C2=O)cc1Br. The summed E-state index contributed by atoms with van der Waals surface area (Å²) in [5.74, 6) is 4.91. The molecular formula is C16H10BrNO3S. The van der Waals surface area contributed by atoms with Gasteiger partial charge in [0.15, 0.2) is 0 Å². The van der Waals surface area contributed by atoms with E-state index in [0.717, 1.165) is 22.2 Å². The molecule has 0 bridgehead atoms. The van der Waals surface area contributed by atoms with Gasteiger partial charge in [-0.3, -0.25) is 14.5 Å². The predicted octanol–water partition coefficient (Wildman–Crippen LogP) is 3.13. The van der Waals surface area contributed by atoms with Gasteiger partial charge in [0.25, 0.3) is 11.1 Å². The summed E-state index contributed by atoms with van der Waals surface area (Å²) >= 11 is 4.24. The molecule has 1 aromatic carbocycles. The highest BCUT2D eigenvalue weighted by Crippen LogP contribution is 2.33. The van der Waals surface area contributed by atoms with E-state index in [4.69, 9.17) is 17.6 Å². The fourth-order valence-corrected chi connectivity index (χ4v) is 3.07. The second kappa shape index (κ2) is 7.22. The molecule has 1 heterocycles. The molecule has 0 atom stereocenters. The second-order valence-corrected chi connectivity index (χ2v) is 6.00. The number of ether oxygens (including phenoxy) is 1. The first-order chi connectivity index (χ1) is 10.6. The summed E-state index contributed by atoms with van der Waals surface area (Å²) in [6, 6.07) is 5.28. The number of carbonyl (C=O) groups is 2. The average Bonchev–Trinajstić information content (AvgIpc) is 2.74. The van der Waals surface area contributed by atoms with Gasteiger partial charge in [-0.15, -0.1) is 12.8 Å². The molecule has 2 rings (SSSR count). The number of terminal acetylenes is 2. The third kappa shape index (κ3) is 3.54. The molecule has 0 spiro atoms. The molecule has 4 nitrogen and oxygen atoms in total. The quantitative estimate of drug-likeness (QED) is 0.599. The predicted molar refractivity (Wildman–Crippen MR) is 90.0 cm³/mol. The van der Waals surface area contributed by atoms with Crippen molar-refractivity contribution in [2.45, 2.75) is 0 Å². The zero-order chi connectivity index (χ0) is 16.1. The Morgan fingerprint density at radius 3 is 2.73 bits per heavy atom. The maximum absolute atomic E-state index is 12.1. The molecule has 0 N–H and O–H groups in total. The minimum absolute atomic E-state index is 0.0232. The van der Waals surface area contributed by atoms with Gasteiger partial charge < -0.3 is 4.74 Å². The van der Waals surface area contributed by atoms with Crippen LogP contribution in [0, 0.1) is 24.7 Å². The van der Waals surface area contributed by atoms with Crippen LogP contribution in [-0.2, 0) is 4.79 Å². The van der Waals surface area contributed by atoms with Crippen LogP contribution in [0.2, 0.25) is 0 Å². The van der Waals surface area contributed by atoms with E-state index in [0.29, 0.717) is 15.1 Å². The van der Waals surface area contributed by atoms with Crippen LogP contribution in [0.4, 0.5) is 4.79 Å². The zero-order valence-corrected chi connectivity index (χ0v) is 13.7. The van der Waals surface area contributed by atoms with E-state index in [9.17, 15) is 9.59 Å². The van der Waals surface area contributed by atoms with E-state index in [1.54, 1.807) is 24.3 Å². The number of halogens is 1. The fraction of sp³-hybridized carbons (Fsp3) is 0.125. The highest BCUT2D eigenvalue weighted by atomic mass is 79.9. The molecule has 0 unspecified atom stereocenters. The van der Waals surface area contributed by atoms with Gasteiger partial charge in [0.1, 0.15) is 12.4 Å². The highest BCUT2D eigenvalue weighted by Gasteiger charge is 2.34. The van der Waals surface area contributed by atoms with Crippen LogP contribution >= 0.6 is 27.7 Å². The van der Waals surface area contributed by atoms with E-state index >= 15 is 0 Å². The number of amides is 2. The number of nitrogens with zero attached hydrogens (tertiary/aromatic N) is 1. The van der Waals surface area contributed by atoms with Crippen LogP contribution < -0.4 is 4.74 Å². The normalized spacial score (nSPS) is 15.8. The lowest BCUT2D eigenvalue weighted by molar-refractivity contribution is -0.122. The molecule has 1 saturated heterocycles. The van der Waals surface area contributed by atoms with Crippen molar-refractivity contribution in [3.05, 3.63) is 33.1 Å². The van der Waals surface area contributed by atoms with Crippen molar-refractivity contribution in [2.75, 3.05) is 13.2 Å². The summed E-state index contributed by atoms with van der Waals surface area (Å²) in [5, 5.41) is -0.359. The lowest BCUT2D eigenvalue weighted by Gasteiger charge is -2.07. The highest BCUT2D eigenvalue weighted by molar-refractivity contribution is 9.10. The summed E-state index contributed by atoms with van der Waals surface area (Å²) in [7, 11) is 0. The van der Waals surface area contributed by atoms with Crippen LogP contribution in [0.1, 0.15) is 5.56 Å². The Kier molecular flexibility index (Phi) is 5.32. The number of hydrogen-bond donors (Lipinski definition) is 0. The van der Waals surface area contributed by atoms with Gasteiger partial charge in [-0.1, -0.05) is 17.9 Å². The zero-order valence-electron chi connectivity index (χ0n) is 11.3. The molecular weight excluding hydrogens is 366 g/mol. The number of hydrogen-bond acceptors (Lipinski definition) is 4. The van der Waals surface area contributed by atoms with Gasteiger partial charge in [-0.25, -0.2) is 0 Å². The lowest BCUT2D eigenvalue weighted by Crippen LogP contribution is -2.28. The minimum atomic E-state index is -0.378. The smallest absolute Gasteiger partial charge is 0.294 e. The molecule has 2 amide bonds. The first-order valence-corrected chi connectivity index (χ1v) is 7.72. The summed E-state index contributed by atoms with van der Waals surface area (Å²) in [6.45, 7) is 0.146. The molecule has 1 aliphatic heterocycles. The van der Waals surface area contributed by atoms with Crippen LogP contribution in [0.3, 0.4) is 0 Å². The number of thioether (sulfide) groups is 1. The Balaban J connectivity index is 2.22. The van der Waals surface area contributed by atoms with Crippen molar-refractivity contribution >= 4 is 44.9 Å². The van der Waals surface area contributed by atoms with Gasteiger partial charge >= 0.3 is 0 Å². The van der Waals surface area contributed by atoms with E-state index in [1.807, 2.05) is 0 Å². The Hall–Kier alpha value is -2.15. The summed E-state index contributed by atoms with van der Waals surface area (Å²) in [5.41, 5.74) is 0.756. The summed E-state index contributed by atoms with van der Waals surface area (Å²) in [6.07, 6.45) is 11.9. The number of carbonyl (C=O) groups excluding carboxylic acids is 2. The molecule has 1 aliphatic rings. The van der Waals surface area contributed by atoms with Crippen molar-refractivity contribution in [1.82, 2.24) is 4.90 Å². The van der Waals surface area contributed by atoms with Gasteiger partial charge in [0, 0.05) is 0 Å². The third-order valence-electron chi connectivity index (χ3n) is 2.69. The lowest BCUT2D eigenvalue weighted by atomic mass is 10.2. The minimum Gasteiger partial charge on any atom is -0.480 e. The molecule has 0 aliphatic carbocycles. The first-order valence-electron chi connectivity index (χ1n) is 6.11. The van der Waals surface area contributed by atoms with Gasteiger partial charge in [-0.2, -0.15) is 0 Å². The number of benzene rings is 1. The molecule has 1 fully saturated rings. The summed E-state index contributed by atoms with van der Waals surface area (Å²) in [4.78, 5) is 25.1. The van der Waals surface area contributed by atoms with Crippen LogP contribution in [0.15, 0.2) is 27.6 Å². The largest absolute Gasteiger partial charge is 0.480 e. The fourth-order valence-electron chi connectivity index (χ4n) is 1.72. The van der Waals surface area contributed by atoms with E-state index < -0.39 is 0 Å². The summed E-state index contributed by atoms with van der Waals surface area (Å²) < 4.78 is 6.05. The van der Waals surface area contributed by atoms with Crippen molar-refractivity contribution in [2.24, 2.45) is 0 Å². The molecule has 6 heteroatoms. The van der Waals surface area contributed by atoms with Crippen molar-refractivity contribution in [3.63, 3.8) is 0 Å². The van der Waals surface area contributed by atoms with E-state index in [2.05, 4.69) is 27.8 Å². The molecule has 0 saturated carbocycles. The second-order valence-electron chi connectivity index (χ2n) is 4.15. The first kappa shape index (κ1) is 16.2. The Bertz CT molecular complexity index is 743. The van der Waals surface area contributed by atoms with Crippen LogP contribution in [0.25, 0.3) is 6.08 Å². The van der Waals surface area contributed by atoms with Crippen molar-refractivity contribution in [1.29, 1.82) is 0 Å². The third-order valence-corrected chi connectivity index (χ3v) is 4.21. The van der Waals surface area contributed by atoms with Crippen LogP contribution in [0.5, 0.6) is 5.75 Å². The molecule has 1 aromatic rings. The van der Waals surface area contributed by atoms with Crippen molar-refractivity contribution in [3.8, 4) is 30.4 Å². The average molecular weight is 376 g/mol.